The Bertz CT molecular complexity index is 906. The summed E-state index contributed by atoms with van der Waals surface area (Å²) in [6.07, 6.45) is 3.10. The maximum absolute atomic E-state index is 12.7. The van der Waals surface area contributed by atoms with Gasteiger partial charge in [0.05, 0.1) is 11.6 Å². The molecule has 0 aliphatic carbocycles. The van der Waals surface area contributed by atoms with Gasteiger partial charge in [-0.15, -0.1) is 0 Å². The topological polar surface area (TPSA) is 71.5 Å². The van der Waals surface area contributed by atoms with Crippen LogP contribution in [0.2, 0.25) is 5.02 Å². The molecule has 28 heavy (non-hydrogen) atoms. The lowest BCUT2D eigenvalue weighted by molar-refractivity contribution is -0.122. The molecule has 2 aliphatic rings. The molecular weight excluding hydrogens is 378 g/mol. The lowest BCUT2D eigenvalue weighted by atomic mass is 9.73. The fraction of sp³-hybridized carbons (Fsp3) is 0.381. The fourth-order valence-corrected chi connectivity index (χ4v) is 4.18. The molecule has 0 bridgehead atoms. The summed E-state index contributed by atoms with van der Waals surface area (Å²) in [6, 6.07) is 9.05. The van der Waals surface area contributed by atoms with Crippen LogP contribution in [0.1, 0.15) is 35.8 Å². The third-order valence-corrected chi connectivity index (χ3v) is 5.90. The summed E-state index contributed by atoms with van der Waals surface area (Å²) in [5.41, 5.74) is 1.87. The summed E-state index contributed by atoms with van der Waals surface area (Å²) in [7, 11) is 0. The molecule has 1 aromatic heterocycles. The number of Topliss-reactive ketones (excluding diaryl/α,β-unsaturated/α-hetero) is 1. The summed E-state index contributed by atoms with van der Waals surface area (Å²) in [4.78, 5) is 30.3. The predicted molar refractivity (Wildman–Crippen MR) is 107 cm³/mol. The first-order valence-electron chi connectivity index (χ1n) is 9.42. The largest absolute Gasteiger partial charge is 0.491 e. The van der Waals surface area contributed by atoms with Crippen molar-refractivity contribution < 1.29 is 14.3 Å². The van der Waals surface area contributed by atoms with Crippen LogP contribution < -0.4 is 10.1 Å². The second-order valence-corrected chi connectivity index (χ2v) is 7.79. The van der Waals surface area contributed by atoms with Crippen LogP contribution in [0.5, 0.6) is 5.75 Å². The third-order valence-electron chi connectivity index (χ3n) is 5.66. The quantitative estimate of drug-likeness (QED) is 0.781. The maximum atomic E-state index is 12.7. The van der Waals surface area contributed by atoms with Crippen LogP contribution in [0.3, 0.4) is 0 Å². The normalized spacial score (nSPS) is 18.0. The number of hydrogen-bond donors (Lipinski definition) is 1. The van der Waals surface area contributed by atoms with Gasteiger partial charge in [-0.3, -0.25) is 14.5 Å². The molecule has 0 saturated carbocycles. The Hall–Kier alpha value is -2.44. The highest BCUT2D eigenvalue weighted by Gasteiger charge is 2.48. The van der Waals surface area contributed by atoms with E-state index in [1.54, 1.807) is 18.3 Å². The van der Waals surface area contributed by atoms with E-state index in [2.05, 4.69) is 15.2 Å². The first kappa shape index (κ1) is 18.9. The van der Waals surface area contributed by atoms with Crippen molar-refractivity contribution in [1.29, 1.82) is 0 Å². The highest BCUT2D eigenvalue weighted by Crippen LogP contribution is 2.45. The highest BCUT2D eigenvalue weighted by molar-refractivity contribution is 6.31. The number of piperidine rings is 1. The highest BCUT2D eigenvalue weighted by atomic mass is 35.5. The third kappa shape index (κ3) is 3.50. The monoisotopic (exact) mass is 399 g/mol. The molecule has 2 aliphatic heterocycles. The molecule has 1 N–H and O–H groups in total. The molecule has 7 heteroatoms. The minimum Gasteiger partial charge on any atom is -0.491 e. The zero-order valence-electron chi connectivity index (χ0n) is 15.7. The van der Waals surface area contributed by atoms with Crippen LogP contribution >= 0.6 is 11.6 Å². The first-order chi connectivity index (χ1) is 13.5. The first-order valence-corrected chi connectivity index (χ1v) is 9.79. The second-order valence-electron chi connectivity index (χ2n) is 7.35. The van der Waals surface area contributed by atoms with E-state index < -0.39 is 5.41 Å². The van der Waals surface area contributed by atoms with Gasteiger partial charge in [-0.05, 0) is 61.8 Å². The zero-order valence-corrected chi connectivity index (χ0v) is 16.5. The number of fused-ring (bicyclic) bond motifs is 2. The van der Waals surface area contributed by atoms with Crippen LogP contribution in [-0.2, 0) is 10.2 Å². The summed E-state index contributed by atoms with van der Waals surface area (Å²) in [6.45, 7) is 4.44. The Labute approximate surface area is 168 Å². The molecule has 0 unspecified atom stereocenters. The molecule has 146 valence electrons. The number of halogens is 1. The van der Waals surface area contributed by atoms with E-state index in [0.29, 0.717) is 23.1 Å². The molecule has 3 heterocycles. The number of nitrogens with zero attached hydrogens (tertiary/aromatic N) is 2. The van der Waals surface area contributed by atoms with Crippen LogP contribution in [0.15, 0.2) is 36.5 Å². The van der Waals surface area contributed by atoms with Crippen LogP contribution in [0.4, 0.5) is 5.69 Å². The number of rotatable bonds is 5. The zero-order chi connectivity index (χ0) is 19.7. The van der Waals surface area contributed by atoms with Crippen molar-refractivity contribution in [3.8, 4) is 5.75 Å². The number of anilines is 1. The molecule has 1 spiro atoms. The molecular formula is C21H22ClN3O3. The van der Waals surface area contributed by atoms with Gasteiger partial charge in [0.15, 0.2) is 5.78 Å². The molecule has 1 fully saturated rings. The Balaban J connectivity index is 1.32. The summed E-state index contributed by atoms with van der Waals surface area (Å²) in [5.74, 6) is 0.669. The van der Waals surface area contributed by atoms with E-state index in [1.165, 1.54) is 6.92 Å². The van der Waals surface area contributed by atoms with Gasteiger partial charge in [-0.1, -0.05) is 11.6 Å². The second kappa shape index (κ2) is 7.53. The average molecular weight is 400 g/mol. The molecule has 1 amide bonds. The summed E-state index contributed by atoms with van der Waals surface area (Å²) in [5, 5.41) is 3.67. The molecule has 0 radical (unpaired) electrons. The van der Waals surface area contributed by atoms with Crippen molar-refractivity contribution in [2.75, 3.05) is 31.6 Å². The minimum atomic E-state index is -0.468. The van der Waals surface area contributed by atoms with Crippen molar-refractivity contribution in [3.63, 3.8) is 0 Å². The Morgan fingerprint density at radius 3 is 2.75 bits per heavy atom. The number of carbonyl (C=O) groups is 2. The maximum Gasteiger partial charge on any atom is 0.235 e. The summed E-state index contributed by atoms with van der Waals surface area (Å²) >= 11 is 6.17. The predicted octanol–water partition coefficient (Wildman–Crippen LogP) is 3.30. The van der Waals surface area contributed by atoms with Crippen molar-refractivity contribution in [2.45, 2.75) is 25.2 Å². The number of aromatic nitrogens is 1. The number of benzene rings is 1. The Morgan fingerprint density at radius 1 is 1.29 bits per heavy atom. The molecule has 2 aromatic rings. The Morgan fingerprint density at radius 2 is 2.07 bits per heavy atom. The van der Waals surface area contributed by atoms with E-state index in [9.17, 15) is 9.59 Å². The number of likely N-dealkylation sites (tertiary alicyclic amines) is 1. The van der Waals surface area contributed by atoms with Crippen LogP contribution in [0.25, 0.3) is 0 Å². The van der Waals surface area contributed by atoms with Gasteiger partial charge in [0.1, 0.15) is 18.1 Å². The standard InChI is InChI=1S/C21H22ClN3O3/c1-14(26)18-5-3-16(13-23-18)28-11-10-25-8-6-21(7-9-25)17-12-15(22)2-4-19(17)24-20(21)27/h2-5,12-13H,6-11H2,1H3,(H,24,27). The minimum absolute atomic E-state index is 0.0624. The summed E-state index contributed by atoms with van der Waals surface area (Å²) < 4.78 is 5.74. The van der Waals surface area contributed by atoms with Gasteiger partial charge in [0, 0.05) is 24.2 Å². The molecule has 0 atom stereocenters. The van der Waals surface area contributed by atoms with Gasteiger partial charge in [0.25, 0.3) is 0 Å². The van der Waals surface area contributed by atoms with Crippen molar-refractivity contribution in [3.05, 3.63) is 52.8 Å². The lowest BCUT2D eigenvalue weighted by Gasteiger charge is -2.37. The van der Waals surface area contributed by atoms with E-state index in [-0.39, 0.29) is 11.7 Å². The number of nitrogens with one attached hydrogen (secondary N) is 1. The van der Waals surface area contributed by atoms with Gasteiger partial charge < -0.3 is 10.1 Å². The van der Waals surface area contributed by atoms with Gasteiger partial charge in [0.2, 0.25) is 5.91 Å². The van der Waals surface area contributed by atoms with E-state index in [0.717, 1.165) is 43.7 Å². The molecule has 1 saturated heterocycles. The lowest BCUT2D eigenvalue weighted by Crippen LogP contribution is -2.47. The van der Waals surface area contributed by atoms with Crippen molar-refractivity contribution >= 4 is 29.0 Å². The van der Waals surface area contributed by atoms with Crippen molar-refractivity contribution in [1.82, 2.24) is 9.88 Å². The smallest absolute Gasteiger partial charge is 0.235 e. The molecule has 4 rings (SSSR count). The SMILES string of the molecule is CC(=O)c1ccc(OCCN2CCC3(CC2)C(=O)Nc2ccc(Cl)cc23)cn1. The number of pyridine rings is 1. The molecule has 1 aromatic carbocycles. The van der Waals surface area contributed by atoms with E-state index in [1.807, 2.05) is 18.2 Å². The number of amides is 1. The number of ether oxygens (including phenoxy) is 1. The fourth-order valence-electron chi connectivity index (χ4n) is 4.01. The Kier molecular flexibility index (Phi) is 5.08. The van der Waals surface area contributed by atoms with E-state index >= 15 is 0 Å². The van der Waals surface area contributed by atoms with E-state index in [4.69, 9.17) is 16.3 Å². The van der Waals surface area contributed by atoms with Gasteiger partial charge in [-0.2, -0.15) is 0 Å². The number of carbonyl (C=O) groups excluding carboxylic acids is 2. The van der Waals surface area contributed by atoms with Crippen LogP contribution in [-0.4, -0.2) is 47.8 Å². The number of hydrogen-bond acceptors (Lipinski definition) is 5. The van der Waals surface area contributed by atoms with Gasteiger partial charge >= 0.3 is 0 Å². The average Bonchev–Trinajstić information content (AvgIpc) is 2.95. The number of ketones is 1. The molecule has 6 nitrogen and oxygen atoms in total. The van der Waals surface area contributed by atoms with Crippen LogP contribution in [0, 0.1) is 0 Å². The van der Waals surface area contributed by atoms with Crippen molar-refractivity contribution in [2.24, 2.45) is 0 Å². The van der Waals surface area contributed by atoms with Gasteiger partial charge in [-0.25, -0.2) is 4.98 Å².